The van der Waals surface area contributed by atoms with Crippen LogP contribution in [0.15, 0.2) is 48.5 Å². The van der Waals surface area contributed by atoms with Crippen LogP contribution in [0.25, 0.3) is 15.3 Å². The monoisotopic (exact) mass is 418 g/mol. The van der Waals surface area contributed by atoms with Crippen molar-refractivity contribution in [2.24, 2.45) is 5.41 Å². The van der Waals surface area contributed by atoms with Crippen LogP contribution in [0.5, 0.6) is 5.75 Å². The minimum absolute atomic E-state index is 0.115. The number of thiazole rings is 1. The number of Topliss-reactive ketones (excluding diaryl/α,β-unsaturated/α-hetero) is 1. The molecule has 0 unspecified atom stereocenters. The first-order chi connectivity index (χ1) is 14.4. The van der Waals surface area contributed by atoms with E-state index < -0.39 is 0 Å². The van der Waals surface area contributed by atoms with Crippen molar-refractivity contribution >= 4 is 38.8 Å². The summed E-state index contributed by atoms with van der Waals surface area (Å²) >= 11 is 1.58. The summed E-state index contributed by atoms with van der Waals surface area (Å²) in [6.07, 6.45) is 1.27. The highest BCUT2D eigenvalue weighted by atomic mass is 32.1. The fourth-order valence-electron chi connectivity index (χ4n) is 3.96. The van der Waals surface area contributed by atoms with Crippen LogP contribution in [0.2, 0.25) is 0 Å². The van der Waals surface area contributed by atoms with E-state index in [2.05, 4.69) is 25.2 Å². The van der Waals surface area contributed by atoms with Gasteiger partial charge in [0, 0.05) is 12.1 Å². The SMILES string of the molecule is COc1ccc(Nc2nn(-c3nc4ccccc4s3)c3c2C(=O)CC(C)(C)C3)cc1. The summed E-state index contributed by atoms with van der Waals surface area (Å²) in [6.45, 7) is 4.25. The fraction of sp³-hybridized carbons (Fsp3) is 0.261. The lowest BCUT2D eigenvalue weighted by atomic mass is 9.76. The van der Waals surface area contributed by atoms with Crippen molar-refractivity contribution in [2.75, 3.05) is 12.4 Å². The Bertz CT molecular complexity index is 1220. The molecule has 0 spiro atoms. The van der Waals surface area contributed by atoms with Gasteiger partial charge < -0.3 is 10.1 Å². The number of fused-ring (bicyclic) bond motifs is 2. The Labute approximate surface area is 178 Å². The van der Waals surface area contributed by atoms with Crippen LogP contribution in [-0.2, 0) is 6.42 Å². The molecule has 1 aliphatic carbocycles. The van der Waals surface area contributed by atoms with Gasteiger partial charge in [0.2, 0.25) is 5.13 Å². The summed E-state index contributed by atoms with van der Waals surface area (Å²) in [7, 11) is 1.64. The summed E-state index contributed by atoms with van der Waals surface area (Å²) in [5, 5.41) is 8.92. The third-order valence-electron chi connectivity index (χ3n) is 5.36. The minimum Gasteiger partial charge on any atom is -0.497 e. The molecule has 0 saturated carbocycles. The van der Waals surface area contributed by atoms with Gasteiger partial charge in [0.15, 0.2) is 11.6 Å². The molecule has 6 nitrogen and oxygen atoms in total. The normalized spacial score (nSPS) is 15.2. The molecule has 0 fully saturated rings. The van der Waals surface area contributed by atoms with Gasteiger partial charge in [-0.2, -0.15) is 0 Å². The minimum atomic E-state index is -0.115. The molecular weight excluding hydrogens is 396 g/mol. The third-order valence-corrected chi connectivity index (χ3v) is 6.37. The number of hydrogen-bond donors (Lipinski definition) is 1. The average Bonchev–Trinajstić information content (AvgIpc) is 3.29. The van der Waals surface area contributed by atoms with Crippen LogP contribution in [-0.4, -0.2) is 27.7 Å². The maximum absolute atomic E-state index is 13.1. The van der Waals surface area contributed by atoms with Gasteiger partial charge in [-0.1, -0.05) is 37.3 Å². The number of nitrogens with zero attached hydrogens (tertiary/aromatic N) is 3. The molecule has 0 atom stereocenters. The van der Waals surface area contributed by atoms with Gasteiger partial charge in [-0.15, -0.1) is 5.10 Å². The molecule has 1 N–H and O–H groups in total. The van der Waals surface area contributed by atoms with E-state index >= 15 is 0 Å². The zero-order valence-corrected chi connectivity index (χ0v) is 17.9. The second-order valence-corrected chi connectivity index (χ2v) is 9.35. The highest BCUT2D eigenvalue weighted by molar-refractivity contribution is 7.20. The van der Waals surface area contributed by atoms with Crippen molar-refractivity contribution in [1.29, 1.82) is 0 Å². The molecule has 0 saturated heterocycles. The van der Waals surface area contributed by atoms with Gasteiger partial charge in [0.25, 0.3) is 0 Å². The van der Waals surface area contributed by atoms with Crippen molar-refractivity contribution in [2.45, 2.75) is 26.7 Å². The van der Waals surface area contributed by atoms with Gasteiger partial charge in [-0.25, -0.2) is 9.67 Å². The molecule has 1 aliphatic rings. The summed E-state index contributed by atoms with van der Waals surface area (Å²) in [6, 6.07) is 15.6. The molecule has 2 aromatic carbocycles. The summed E-state index contributed by atoms with van der Waals surface area (Å²) in [5.74, 6) is 1.47. The molecule has 4 aromatic rings. The van der Waals surface area contributed by atoms with E-state index in [1.807, 2.05) is 47.1 Å². The molecule has 0 amide bonds. The molecule has 7 heteroatoms. The lowest BCUT2D eigenvalue weighted by Gasteiger charge is -2.28. The number of benzene rings is 2. The number of carbonyl (C=O) groups excluding carboxylic acids is 1. The van der Waals surface area contributed by atoms with Crippen molar-refractivity contribution in [3.05, 3.63) is 59.8 Å². The van der Waals surface area contributed by atoms with Crippen molar-refractivity contribution < 1.29 is 9.53 Å². The molecule has 30 heavy (non-hydrogen) atoms. The Kier molecular flexibility index (Phi) is 4.36. The topological polar surface area (TPSA) is 69.0 Å². The lowest BCUT2D eigenvalue weighted by molar-refractivity contribution is 0.0912. The van der Waals surface area contributed by atoms with Crippen LogP contribution in [0.1, 0.15) is 36.3 Å². The van der Waals surface area contributed by atoms with Gasteiger partial charge in [0.05, 0.1) is 28.6 Å². The maximum Gasteiger partial charge on any atom is 0.211 e. The Morgan fingerprint density at radius 3 is 2.60 bits per heavy atom. The molecule has 0 aliphatic heterocycles. The number of anilines is 2. The first-order valence-electron chi connectivity index (χ1n) is 9.86. The van der Waals surface area contributed by atoms with Crippen LogP contribution in [0.4, 0.5) is 11.5 Å². The van der Waals surface area contributed by atoms with Gasteiger partial charge >= 0.3 is 0 Å². The first-order valence-corrected chi connectivity index (χ1v) is 10.7. The zero-order chi connectivity index (χ0) is 20.9. The second kappa shape index (κ2) is 6.95. The van der Waals surface area contributed by atoms with Crippen LogP contribution in [0, 0.1) is 5.41 Å². The first kappa shape index (κ1) is 18.8. The zero-order valence-electron chi connectivity index (χ0n) is 17.1. The third kappa shape index (κ3) is 3.25. The van der Waals surface area contributed by atoms with Gasteiger partial charge in [0.1, 0.15) is 5.75 Å². The van der Waals surface area contributed by atoms with Crippen LogP contribution < -0.4 is 10.1 Å². The summed E-state index contributed by atoms with van der Waals surface area (Å²) < 4.78 is 8.18. The van der Waals surface area contributed by atoms with E-state index in [9.17, 15) is 4.79 Å². The van der Waals surface area contributed by atoms with Crippen LogP contribution in [0.3, 0.4) is 0 Å². The van der Waals surface area contributed by atoms with Crippen LogP contribution >= 0.6 is 11.3 Å². The maximum atomic E-state index is 13.1. The van der Waals surface area contributed by atoms with Crippen molar-refractivity contribution in [1.82, 2.24) is 14.8 Å². The largest absolute Gasteiger partial charge is 0.497 e. The highest BCUT2D eigenvalue weighted by Crippen LogP contribution is 2.40. The number of ether oxygens (including phenoxy) is 1. The Hall–Kier alpha value is -3.19. The van der Waals surface area contributed by atoms with E-state index in [0.29, 0.717) is 17.8 Å². The molecule has 5 rings (SSSR count). The second-order valence-electron chi connectivity index (χ2n) is 8.34. The lowest BCUT2D eigenvalue weighted by Crippen LogP contribution is -2.28. The number of methoxy groups -OCH3 is 1. The van der Waals surface area contributed by atoms with E-state index in [1.54, 1.807) is 18.4 Å². The average molecular weight is 419 g/mol. The van der Waals surface area contributed by atoms with Crippen molar-refractivity contribution in [3.8, 4) is 10.9 Å². The number of rotatable bonds is 4. The highest BCUT2D eigenvalue weighted by Gasteiger charge is 2.37. The van der Waals surface area contributed by atoms with Crippen molar-refractivity contribution in [3.63, 3.8) is 0 Å². The molecule has 152 valence electrons. The smallest absolute Gasteiger partial charge is 0.211 e. The van der Waals surface area contributed by atoms with Gasteiger partial charge in [-0.05, 0) is 48.2 Å². The number of carbonyl (C=O) groups is 1. The standard InChI is InChI=1S/C23H22N4O2S/c1-23(2)12-17-20(18(28)13-23)21(24-14-8-10-15(29-3)11-9-14)26-27(17)22-25-16-6-4-5-7-19(16)30-22/h4-11H,12-13H2,1-3H3,(H,24,26). The Morgan fingerprint density at radius 2 is 1.87 bits per heavy atom. The van der Waals surface area contributed by atoms with E-state index in [1.165, 1.54) is 0 Å². The molecule has 2 heterocycles. The molecule has 0 bridgehead atoms. The predicted molar refractivity (Wildman–Crippen MR) is 119 cm³/mol. The molecular formula is C23H22N4O2S. The molecule has 0 radical (unpaired) electrons. The summed E-state index contributed by atoms with van der Waals surface area (Å²) in [4.78, 5) is 17.9. The van der Waals surface area contributed by atoms with Gasteiger partial charge in [-0.3, -0.25) is 4.79 Å². The quantitative estimate of drug-likeness (QED) is 0.481. The fourth-order valence-corrected chi connectivity index (χ4v) is 4.90. The van der Waals surface area contributed by atoms with E-state index in [0.717, 1.165) is 38.9 Å². The number of hydrogen-bond acceptors (Lipinski definition) is 6. The number of ketones is 1. The summed E-state index contributed by atoms with van der Waals surface area (Å²) in [5.41, 5.74) is 3.27. The Balaban J connectivity index is 1.63. The Morgan fingerprint density at radius 1 is 1.10 bits per heavy atom. The number of aromatic nitrogens is 3. The molecule has 2 aromatic heterocycles. The van der Waals surface area contributed by atoms with E-state index in [4.69, 9.17) is 14.8 Å². The number of nitrogens with one attached hydrogen (secondary N) is 1. The van der Waals surface area contributed by atoms with E-state index in [-0.39, 0.29) is 11.2 Å². The number of para-hydroxylation sites is 1. The predicted octanol–water partition coefficient (Wildman–Crippen LogP) is 5.39.